The zero-order valence-electron chi connectivity index (χ0n) is 22.9. The summed E-state index contributed by atoms with van der Waals surface area (Å²) in [6.45, 7) is 3.08. The summed E-state index contributed by atoms with van der Waals surface area (Å²) in [6.07, 6.45) is 9.22. The number of hydrogen-bond acceptors (Lipinski definition) is 4. The quantitative estimate of drug-likeness (QED) is 0.203. The summed E-state index contributed by atoms with van der Waals surface area (Å²) < 4.78 is 22.7. The molecule has 0 radical (unpaired) electrons. The number of amides is 1. The van der Waals surface area contributed by atoms with Gasteiger partial charge >= 0.3 is 0 Å². The Kier molecular flexibility index (Phi) is 8.17. The molecule has 0 N–H and O–H groups in total. The van der Waals surface area contributed by atoms with Crippen LogP contribution in [0, 0.1) is 12.7 Å². The van der Waals surface area contributed by atoms with E-state index in [0.29, 0.717) is 23.2 Å². The summed E-state index contributed by atoms with van der Waals surface area (Å²) in [6, 6.07) is 20.4. The molecule has 210 valence electrons. The third kappa shape index (κ3) is 5.92. The Labute approximate surface area is 248 Å². The van der Waals surface area contributed by atoms with Gasteiger partial charge in [-0.05, 0) is 79.6 Å². The van der Waals surface area contributed by atoms with Gasteiger partial charge in [0.25, 0.3) is 5.91 Å². The van der Waals surface area contributed by atoms with Crippen molar-refractivity contribution < 1.29 is 13.9 Å². The van der Waals surface area contributed by atoms with E-state index in [0.717, 1.165) is 58.5 Å². The number of carbonyl (C=O) groups excluding carboxylic acids is 1. The van der Waals surface area contributed by atoms with Crippen LogP contribution in [0.4, 0.5) is 10.1 Å². The Morgan fingerprint density at radius 2 is 1.85 bits per heavy atom. The van der Waals surface area contributed by atoms with Crippen molar-refractivity contribution in [3.63, 3.8) is 0 Å². The lowest BCUT2D eigenvalue weighted by Gasteiger charge is -2.30. The number of ether oxygens (including phenoxy) is 1. The molecule has 41 heavy (non-hydrogen) atoms. The molecule has 4 aromatic rings. The van der Waals surface area contributed by atoms with Gasteiger partial charge in [-0.2, -0.15) is 0 Å². The highest BCUT2D eigenvalue weighted by molar-refractivity contribution is 8.18. The highest BCUT2D eigenvalue weighted by atomic mass is 35.5. The molecule has 0 bridgehead atoms. The van der Waals surface area contributed by atoms with Gasteiger partial charge in [0, 0.05) is 33.7 Å². The fraction of sp³-hybridized carbons (Fsp3) is 0.273. The summed E-state index contributed by atoms with van der Waals surface area (Å²) in [4.78, 5) is 20.9. The van der Waals surface area contributed by atoms with Crippen LogP contribution < -0.4 is 4.74 Å². The second kappa shape index (κ2) is 12.1. The zero-order chi connectivity index (χ0) is 28.3. The first kappa shape index (κ1) is 27.6. The number of aromatic nitrogens is 1. The van der Waals surface area contributed by atoms with Gasteiger partial charge in [-0.1, -0.05) is 61.2 Å². The molecule has 8 heteroatoms. The fourth-order valence-corrected chi connectivity index (χ4v) is 6.72. The first-order valence-corrected chi connectivity index (χ1v) is 15.2. The Hall–Kier alpha value is -3.55. The van der Waals surface area contributed by atoms with Crippen molar-refractivity contribution in [3.8, 4) is 5.75 Å². The number of halogens is 2. The lowest BCUT2D eigenvalue weighted by atomic mass is 9.94. The van der Waals surface area contributed by atoms with Crippen LogP contribution in [0.5, 0.6) is 5.75 Å². The number of rotatable bonds is 7. The molecule has 6 rings (SSSR count). The lowest BCUT2D eigenvalue weighted by molar-refractivity contribution is -0.124. The summed E-state index contributed by atoms with van der Waals surface area (Å²) in [7, 11) is 0. The van der Waals surface area contributed by atoms with Crippen LogP contribution in [-0.2, 0) is 11.3 Å². The molecular formula is C33H31ClFN3O2S. The van der Waals surface area contributed by atoms with Gasteiger partial charge in [0.05, 0.1) is 11.4 Å². The number of fused-ring (bicyclic) bond motifs is 1. The van der Waals surface area contributed by atoms with Crippen LogP contribution >= 0.6 is 23.4 Å². The maximum Gasteiger partial charge on any atom is 0.267 e. The minimum atomic E-state index is -0.395. The van der Waals surface area contributed by atoms with Crippen molar-refractivity contribution >= 4 is 57.1 Å². The normalized spacial score (nSPS) is 18.2. The van der Waals surface area contributed by atoms with Crippen LogP contribution in [0.1, 0.15) is 43.2 Å². The van der Waals surface area contributed by atoms with E-state index in [1.165, 1.54) is 24.2 Å². The molecule has 0 spiro atoms. The SMILES string of the molecule is Cc1cc(OCCn2cc(C=C3SC(=Nc4ccccc4F)N(C4CCCCC4)C3=O)c3ccccc32)ccc1Cl. The van der Waals surface area contributed by atoms with Gasteiger partial charge in [-0.25, -0.2) is 9.38 Å². The molecule has 1 saturated heterocycles. The highest BCUT2D eigenvalue weighted by Gasteiger charge is 2.39. The van der Waals surface area contributed by atoms with E-state index < -0.39 is 5.82 Å². The maximum atomic E-state index is 14.5. The molecule has 1 aliphatic carbocycles. The first-order valence-electron chi connectivity index (χ1n) is 14.0. The van der Waals surface area contributed by atoms with E-state index in [-0.39, 0.29) is 17.6 Å². The molecule has 5 nitrogen and oxygen atoms in total. The lowest BCUT2D eigenvalue weighted by Crippen LogP contribution is -2.40. The largest absolute Gasteiger partial charge is 0.492 e. The van der Waals surface area contributed by atoms with Crippen molar-refractivity contribution in [2.24, 2.45) is 4.99 Å². The highest BCUT2D eigenvalue weighted by Crippen LogP contribution is 2.39. The van der Waals surface area contributed by atoms with E-state index in [2.05, 4.69) is 27.9 Å². The number of nitrogens with zero attached hydrogens (tertiary/aromatic N) is 3. The molecule has 2 aliphatic rings. The topological polar surface area (TPSA) is 46.8 Å². The number of hydrogen-bond donors (Lipinski definition) is 0. The van der Waals surface area contributed by atoms with Crippen LogP contribution in [-0.4, -0.2) is 33.2 Å². The van der Waals surface area contributed by atoms with Crippen LogP contribution in [0.3, 0.4) is 0 Å². The second-order valence-electron chi connectivity index (χ2n) is 10.5. The van der Waals surface area contributed by atoms with Crippen molar-refractivity contribution in [1.29, 1.82) is 0 Å². The second-order valence-corrected chi connectivity index (χ2v) is 11.9. The molecule has 1 amide bonds. The fourth-order valence-electron chi connectivity index (χ4n) is 5.56. The van der Waals surface area contributed by atoms with E-state index in [1.807, 2.05) is 48.2 Å². The monoisotopic (exact) mass is 587 g/mol. The number of amidine groups is 1. The Bertz CT molecular complexity index is 1660. The number of carbonyl (C=O) groups is 1. The molecule has 2 fully saturated rings. The van der Waals surface area contributed by atoms with Crippen LogP contribution in [0.25, 0.3) is 17.0 Å². The van der Waals surface area contributed by atoms with Crippen molar-refractivity contribution in [2.75, 3.05) is 6.61 Å². The summed E-state index contributed by atoms with van der Waals surface area (Å²) in [5.74, 6) is 0.325. The van der Waals surface area contributed by atoms with Crippen LogP contribution in [0.2, 0.25) is 5.02 Å². The molecule has 0 unspecified atom stereocenters. The van der Waals surface area contributed by atoms with Crippen LogP contribution in [0.15, 0.2) is 82.8 Å². The third-order valence-corrected chi connectivity index (χ3v) is 9.09. The molecule has 1 aliphatic heterocycles. The number of aryl methyl sites for hydroxylation is 1. The molecule has 3 aromatic carbocycles. The van der Waals surface area contributed by atoms with Crippen molar-refractivity contribution in [1.82, 2.24) is 9.47 Å². The standard InChI is InChI=1S/C33H31ClFN3O2S/c1-22-19-25(15-16-27(22)34)40-18-17-37-21-23(26-11-5-8-14-30(26)37)20-31-32(39)38(24-9-3-2-4-10-24)33(41-31)36-29-13-7-6-12-28(29)35/h5-8,11-16,19-21,24H,2-4,9-10,17-18H2,1H3. The minimum Gasteiger partial charge on any atom is -0.492 e. The molecule has 1 aromatic heterocycles. The molecule has 1 saturated carbocycles. The maximum absolute atomic E-state index is 14.5. The van der Waals surface area contributed by atoms with E-state index in [9.17, 15) is 9.18 Å². The predicted octanol–water partition coefficient (Wildman–Crippen LogP) is 8.76. The van der Waals surface area contributed by atoms with Gasteiger partial charge < -0.3 is 9.30 Å². The average molecular weight is 588 g/mol. The Morgan fingerprint density at radius 1 is 1.07 bits per heavy atom. The zero-order valence-corrected chi connectivity index (χ0v) is 24.4. The third-order valence-electron chi connectivity index (χ3n) is 7.68. The van der Waals surface area contributed by atoms with Gasteiger partial charge in [0.2, 0.25) is 0 Å². The minimum absolute atomic E-state index is 0.0599. The summed E-state index contributed by atoms with van der Waals surface area (Å²) in [5.41, 5.74) is 3.24. The van der Waals surface area contributed by atoms with E-state index in [4.69, 9.17) is 16.3 Å². The average Bonchev–Trinajstić information content (AvgIpc) is 3.49. The van der Waals surface area contributed by atoms with Gasteiger partial charge in [-0.15, -0.1) is 0 Å². The summed E-state index contributed by atoms with van der Waals surface area (Å²) >= 11 is 7.48. The molecule has 0 atom stereocenters. The van der Waals surface area contributed by atoms with Gasteiger partial charge in [-0.3, -0.25) is 9.69 Å². The Morgan fingerprint density at radius 3 is 2.66 bits per heavy atom. The van der Waals surface area contributed by atoms with E-state index in [1.54, 1.807) is 18.2 Å². The Balaban J connectivity index is 1.30. The van der Waals surface area contributed by atoms with Crippen molar-refractivity contribution in [2.45, 2.75) is 51.6 Å². The number of para-hydroxylation sites is 2. The van der Waals surface area contributed by atoms with Crippen molar-refractivity contribution in [3.05, 3.63) is 99.8 Å². The number of benzene rings is 3. The first-order chi connectivity index (χ1) is 20.0. The number of aliphatic imine (C=N–C) groups is 1. The van der Waals surface area contributed by atoms with Gasteiger partial charge in [0.1, 0.15) is 23.9 Å². The summed E-state index contributed by atoms with van der Waals surface area (Å²) in [5, 5.41) is 2.32. The molecular weight excluding hydrogens is 557 g/mol. The predicted molar refractivity (Wildman–Crippen MR) is 166 cm³/mol. The van der Waals surface area contributed by atoms with Gasteiger partial charge in [0.15, 0.2) is 5.17 Å². The van der Waals surface area contributed by atoms with E-state index >= 15 is 0 Å². The molecule has 2 heterocycles. The number of thioether (sulfide) groups is 1. The smallest absolute Gasteiger partial charge is 0.267 e.